The molecular weight excluding hydrogens is 342 g/mol. The van der Waals surface area contributed by atoms with Crippen LogP contribution in [0.1, 0.15) is 49.0 Å². The first-order chi connectivity index (χ1) is 13.0. The maximum atomic E-state index is 12.1. The quantitative estimate of drug-likeness (QED) is 0.724. The summed E-state index contributed by atoms with van der Waals surface area (Å²) in [7, 11) is 0. The van der Waals surface area contributed by atoms with Crippen LogP contribution in [0, 0.1) is 5.41 Å². The summed E-state index contributed by atoms with van der Waals surface area (Å²) in [6, 6.07) is 7.78. The third-order valence-corrected chi connectivity index (χ3v) is 5.81. The van der Waals surface area contributed by atoms with Crippen molar-refractivity contribution in [2.24, 2.45) is 11.1 Å². The van der Waals surface area contributed by atoms with E-state index in [1.807, 2.05) is 24.3 Å². The maximum absolute atomic E-state index is 12.1. The van der Waals surface area contributed by atoms with Crippen LogP contribution in [-0.2, 0) is 0 Å². The Labute approximate surface area is 159 Å². The SMILES string of the molecule is CCCOc1ccc(-c2nn([C@H]3C[C@]4(CCNC4)C3)c(N)c2C(N)=O)cc1. The van der Waals surface area contributed by atoms with Crippen molar-refractivity contribution in [3.05, 3.63) is 29.8 Å². The molecule has 1 aromatic heterocycles. The minimum absolute atomic E-state index is 0.226. The number of nitrogens with one attached hydrogen (secondary N) is 1. The van der Waals surface area contributed by atoms with Crippen LogP contribution in [0.15, 0.2) is 24.3 Å². The molecule has 4 rings (SSSR count). The lowest BCUT2D eigenvalue weighted by atomic mass is 9.65. The highest BCUT2D eigenvalue weighted by molar-refractivity contribution is 6.03. The van der Waals surface area contributed by atoms with Crippen molar-refractivity contribution in [3.63, 3.8) is 0 Å². The Hall–Kier alpha value is -2.54. The zero-order valence-electron chi connectivity index (χ0n) is 15.7. The Kier molecular flexibility index (Phi) is 4.55. The van der Waals surface area contributed by atoms with Gasteiger partial charge in [-0.25, -0.2) is 4.68 Å². The molecule has 5 N–H and O–H groups in total. The summed E-state index contributed by atoms with van der Waals surface area (Å²) in [5, 5.41) is 8.13. The number of nitrogen functional groups attached to an aromatic ring is 1. The zero-order valence-corrected chi connectivity index (χ0v) is 15.7. The van der Waals surface area contributed by atoms with Crippen molar-refractivity contribution in [2.45, 2.75) is 38.6 Å². The molecule has 0 bridgehead atoms. The fourth-order valence-electron chi connectivity index (χ4n) is 4.36. The Morgan fingerprint density at radius 3 is 2.70 bits per heavy atom. The molecule has 2 fully saturated rings. The Morgan fingerprint density at radius 2 is 2.11 bits per heavy atom. The minimum Gasteiger partial charge on any atom is -0.494 e. The van der Waals surface area contributed by atoms with Gasteiger partial charge in [0.1, 0.15) is 22.8 Å². The van der Waals surface area contributed by atoms with E-state index in [1.165, 1.54) is 6.42 Å². The first-order valence-electron chi connectivity index (χ1n) is 9.65. The molecule has 144 valence electrons. The molecule has 1 spiro atoms. The van der Waals surface area contributed by atoms with Gasteiger partial charge in [-0.3, -0.25) is 4.79 Å². The number of hydrogen-bond donors (Lipinski definition) is 3. The lowest BCUT2D eigenvalue weighted by Crippen LogP contribution is -2.40. The van der Waals surface area contributed by atoms with Gasteiger partial charge in [0, 0.05) is 12.1 Å². The maximum Gasteiger partial charge on any atom is 0.254 e. The van der Waals surface area contributed by atoms with Crippen molar-refractivity contribution in [3.8, 4) is 17.0 Å². The van der Waals surface area contributed by atoms with Crippen molar-refractivity contribution < 1.29 is 9.53 Å². The van der Waals surface area contributed by atoms with Gasteiger partial charge in [-0.1, -0.05) is 6.92 Å². The molecule has 1 aliphatic carbocycles. The molecule has 2 aromatic rings. The summed E-state index contributed by atoms with van der Waals surface area (Å²) in [5.41, 5.74) is 14.0. The van der Waals surface area contributed by atoms with Crippen LogP contribution in [0.4, 0.5) is 5.82 Å². The topological polar surface area (TPSA) is 108 Å². The number of anilines is 1. The predicted octanol–water partition coefficient (Wildman–Crippen LogP) is 2.33. The Balaban J connectivity index is 1.62. The molecule has 2 heterocycles. The van der Waals surface area contributed by atoms with Gasteiger partial charge in [0.2, 0.25) is 0 Å². The molecule has 1 saturated heterocycles. The van der Waals surface area contributed by atoms with Gasteiger partial charge in [-0.15, -0.1) is 0 Å². The molecule has 2 aliphatic rings. The molecule has 0 radical (unpaired) electrons. The number of nitrogens with two attached hydrogens (primary N) is 2. The predicted molar refractivity (Wildman–Crippen MR) is 105 cm³/mol. The standard InChI is InChI=1S/C20H27N5O2/c1-2-9-27-15-5-3-13(4-6-15)17-16(19(22)26)18(21)25(24-17)14-10-20(11-14)7-8-23-12-20/h3-6,14,23H,2,7-12,21H2,1H3,(H2,22,26)/t14-,20+. The molecule has 0 unspecified atom stereocenters. The Bertz CT molecular complexity index is 829. The normalized spacial score (nSPS) is 24.1. The minimum atomic E-state index is -0.545. The number of ether oxygens (including phenoxy) is 1. The van der Waals surface area contributed by atoms with Crippen molar-refractivity contribution in [2.75, 3.05) is 25.4 Å². The van der Waals surface area contributed by atoms with Gasteiger partial charge in [0.05, 0.1) is 12.6 Å². The number of hydrogen-bond acceptors (Lipinski definition) is 5. The molecule has 0 atom stereocenters. The van der Waals surface area contributed by atoms with E-state index >= 15 is 0 Å². The van der Waals surface area contributed by atoms with E-state index in [2.05, 4.69) is 12.2 Å². The van der Waals surface area contributed by atoms with E-state index < -0.39 is 5.91 Å². The van der Waals surface area contributed by atoms with Gasteiger partial charge in [-0.2, -0.15) is 5.10 Å². The number of rotatable bonds is 6. The summed E-state index contributed by atoms with van der Waals surface area (Å²) in [6.07, 6.45) is 4.22. The molecule has 7 nitrogen and oxygen atoms in total. The highest BCUT2D eigenvalue weighted by Gasteiger charge is 2.47. The van der Waals surface area contributed by atoms with Crippen LogP contribution in [-0.4, -0.2) is 35.4 Å². The summed E-state index contributed by atoms with van der Waals surface area (Å²) < 4.78 is 7.43. The van der Waals surface area contributed by atoms with E-state index in [0.29, 0.717) is 29.1 Å². The highest BCUT2D eigenvalue weighted by Crippen LogP contribution is 2.53. The van der Waals surface area contributed by atoms with E-state index in [9.17, 15) is 4.79 Å². The number of aromatic nitrogens is 2. The smallest absolute Gasteiger partial charge is 0.254 e. The number of carbonyl (C=O) groups is 1. The molecular formula is C20H27N5O2. The lowest BCUT2D eigenvalue weighted by molar-refractivity contribution is 0.0774. The second kappa shape index (κ2) is 6.88. The lowest BCUT2D eigenvalue weighted by Gasteiger charge is -2.45. The average molecular weight is 369 g/mol. The van der Waals surface area contributed by atoms with Gasteiger partial charge in [0.25, 0.3) is 5.91 Å². The summed E-state index contributed by atoms with van der Waals surface area (Å²) in [6.45, 7) is 4.87. The molecule has 1 amide bonds. The molecule has 27 heavy (non-hydrogen) atoms. The first kappa shape index (κ1) is 17.9. The zero-order chi connectivity index (χ0) is 19.0. The fraction of sp³-hybridized carbons (Fsp3) is 0.500. The van der Waals surface area contributed by atoms with Crippen LogP contribution in [0.3, 0.4) is 0 Å². The van der Waals surface area contributed by atoms with Crippen molar-refractivity contribution in [1.29, 1.82) is 0 Å². The van der Waals surface area contributed by atoms with Crippen LogP contribution in [0.5, 0.6) is 5.75 Å². The largest absolute Gasteiger partial charge is 0.494 e. The number of carbonyl (C=O) groups excluding carboxylic acids is 1. The van der Waals surface area contributed by atoms with E-state index in [0.717, 1.165) is 43.7 Å². The number of nitrogens with zero attached hydrogens (tertiary/aromatic N) is 2. The number of amides is 1. The fourth-order valence-corrected chi connectivity index (χ4v) is 4.36. The number of primary amides is 1. The van der Waals surface area contributed by atoms with Gasteiger partial charge in [-0.05, 0) is 61.9 Å². The molecule has 1 aromatic carbocycles. The molecule has 1 aliphatic heterocycles. The third kappa shape index (κ3) is 3.16. The third-order valence-electron chi connectivity index (χ3n) is 5.81. The average Bonchev–Trinajstić information content (AvgIpc) is 3.24. The van der Waals surface area contributed by atoms with Gasteiger partial charge >= 0.3 is 0 Å². The molecule has 1 saturated carbocycles. The second-order valence-corrected chi connectivity index (χ2v) is 7.78. The summed E-state index contributed by atoms with van der Waals surface area (Å²) >= 11 is 0. The van der Waals surface area contributed by atoms with E-state index in [-0.39, 0.29) is 6.04 Å². The van der Waals surface area contributed by atoms with Gasteiger partial charge in [0.15, 0.2) is 0 Å². The number of benzene rings is 1. The molecule has 7 heteroatoms. The summed E-state index contributed by atoms with van der Waals surface area (Å²) in [4.78, 5) is 12.1. The van der Waals surface area contributed by atoms with Crippen LogP contribution >= 0.6 is 0 Å². The van der Waals surface area contributed by atoms with Crippen molar-refractivity contribution >= 4 is 11.7 Å². The summed E-state index contributed by atoms with van der Waals surface area (Å²) in [5.74, 6) is 0.620. The monoisotopic (exact) mass is 369 g/mol. The first-order valence-corrected chi connectivity index (χ1v) is 9.65. The van der Waals surface area contributed by atoms with E-state index in [1.54, 1.807) is 4.68 Å². The second-order valence-electron chi connectivity index (χ2n) is 7.78. The van der Waals surface area contributed by atoms with E-state index in [4.69, 9.17) is 21.3 Å². The van der Waals surface area contributed by atoms with Crippen LogP contribution in [0.25, 0.3) is 11.3 Å². The van der Waals surface area contributed by atoms with Crippen LogP contribution in [0.2, 0.25) is 0 Å². The Morgan fingerprint density at radius 1 is 1.37 bits per heavy atom. The van der Waals surface area contributed by atoms with Crippen molar-refractivity contribution in [1.82, 2.24) is 15.1 Å². The van der Waals surface area contributed by atoms with Crippen LogP contribution < -0.4 is 21.5 Å². The highest BCUT2D eigenvalue weighted by atomic mass is 16.5. The van der Waals surface area contributed by atoms with Gasteiger partial charge < -0.3 is 21.5 Å².